The standard InChI is InChI=1S/C21H23FN6O3/c1-12-4-23-20(29)16-6-25-28-9-17-19(26-18(16)28)27(7-13(2)11-30-17)8-14-3-15(22)5-24-21(14)31-10-12/h3,5-6,9,12-13H,4,7-8,10-11H2,1-2H3,(H,23,29)/t12-,13-/m0/s1. The van der Waals surface area contributed by atoms with Crippen LogP contribution in [0, 0.1) is 17.7 Å². The van der Waals surface area contributed by atoms with Gasteiger partial charge < -0.3 is 19.7 Å². The van der Waals surface area contributed by atoms with Crippen molar-refractivity contribution in [3.05, 3.63) is 41.6 Å². The molecule has 0 radical (unpaired) electrons. The van der Waals surface area contributed by atoms with E-state index >= 15 is 0 Å². The monoisotopic (exact) mass is 426 g/mol. The summed E-state index contributed by atoms with van der Waals surface area (Å²) >= 11 is 0. The molecule has 9 nitrogen and oxygen atoms in total. The zero-order chi connectivity index (χ0) is 21.5. The molecule has 5 heterocycles. The van der Waals surface area contributed by atoms with Crippen molar-refractivity contribution < 1.29 is 18.7 Å². The Bertz CT molecular complexity index is 1150. The molecule has 2 atom stereocenters. The molecule has 0 fully saturated rings. The van der Waals surface area contributed by atoms with E-state index < -0.39 is 5.82 Å². The fourth-order valence-corrected chi connectivity index (χ4v) is 3.82. The normalized spacial score (nSPS) is 21.5. The molecule has 5 rings (SSSR count). The number of aromatic nitrogens is 4. The zero-order valence-electron chi connectivity index (χ0n) is 17.3. The van der Waals surface area contributed by atoms with E-state index in [1.807, 2.05) is 11.8 Å². The average molecular weight is 426 g/mol. The van der Waals surface area contributed by atoms with Crippen molar-refractivity contribution in [1.82, 2.24) is 24.9 Å². The quantitative estimate of drug-likeness (QED) is 0.588. The molecule has 31 heavy (non-hydrogen) atoms. The van der Waals surface area contributed by atoms with Crippen molar-refractivity contribution in [1.29, 1.82) is 0 Å². The number of carbonyl (C=O) groups excluding carboxylic acids is 1. The van der Waals surface area contributed by atoms with Crippen LogP contribution in [0.5, 0.6) is 11.6 Å². The minimum atomic E-state index is -0.426. The Morgan fingerprint density at radius 2 is 2.03 bits per heavy atom. The summed E-state index contributed by atoms with van der Waals surface area (Å²) in [6, 6.07) is 1.44. The van der Waals surface area contributed by atoms with Gasteiger partial charge in [-0.05, 0) is 6.07 Å². The van der Waals surface area contributed by atoms with E-state index in [0.717, 1.165) is 6.20 Å². The molecule has 3 aromatic rings. The van der Waals surface area contributed by atoms with Crippen molar-refractivity contribution >= 4 is 17.4 Å². The topological polar surface area (TPSA) is 93.9 Å². The number of carbonyl (C=O) groups is 1. The van der Waals surface area contributed by atoms with Crippen LogP contribution in [0.4, 0.5) is 10.2 Å². The van der Waals surface area contributed by atoms with Crippen molar-refractivity contribution in [2.24, 2.45) is 11.8 Å². The number of anilines is 1. The van der Waals surface area contributed by atoms with E-state index in [0.29, 0.717) is 67.1 Å². The molecular weight excluding hydrogens is 403 g/mol. The third kappa shape index (κ3) is 3.73. The second-order valence-corrected chi connectivity index (χ2v) is 8.30. The Morgan fingerprint density at radius 1 is 1.19 bits per heavy atom. The van der Waals surface area contributed by atoms with Gasteiger partial charge in [0.1, 0.15) is 11.4 Å². The zero-order valence-corrected chi connectivity index (χ0v) is 17.3. The molecule has 0 aromatic carbocycles. The highest BCUT2D eigenvalue weighted by molar-refractivity contribution is 5.99. The van der Waals surface area contributed by atoms with E-state index in [-0.39, 0.29) is 17.7 Å². The maximum absolute atomic E-state index is 14.1. The lowest BCUT2D eigenvalue weighted by Gasteiger charge is -2.25. The Balaban J connectivity index is 1.67. The maximum Gasteiger partial charge on any atom is 0.256 e. The van der Waals surface area contributed by atoms with E-state index in [2.05, 4.69) is 22.3 Å². The SMILES string of the molecule is C[C@@H]1COc2cn3ncc4c3nc2N(Cc2cc(F)cnc2OC[C@@H](C)CNC4=O)C1. The Kier molecular flexibility index (Phi) is 4.84. The number of halogens is 1. The molecule has 2 bridgehead atoms. The first-order valence-corrected chi connectivity index (χ1v) is 10.3. The number of nitrogens with one attached hydrogen (secondary N) is 1. The molecular formula is C21H23FN6O3. The molecule has 2 aliphatic heterocycles. The van der Waals surface area contributed by atoms with Crippen LogP contribution in [-0.4, -0.2) is 51.8 Å². The van der Waals surface area contributed by atoms with Crippen LogP contribution in [0.3, 0.4) is 0 Å². The number of rotatable bonds is 0. The molecule has 0 saturated carbocycles. The van der Waals surface area contributed by atoms with Crippen LogP contribution in [0.15, 0.2) is 24.7 Å². The summed E-state index contributed by atoms with van der Waals surface area (Å²) in [7, 11) is 0. The van der Waals surface area contributed by atoms with Gasteiger partial charge in [-0.1, -0.05) is 13.8 Å². The first-order chi connectivity index (χ1) is 15.0. The highest BCUT2D eigenvalue weighted by Crippen LogP contribution is 2.33. The molecule has 0 aliphatic carbocycles. The van der Waals surface area contributed by atoms with Gasteiger partial charge in [-0.2, -0.15) is 5.10 Å². The van der Waals surface area contributed by atoms with Crippen LogP contribution in [0.25, 0.3) is 5.65 Å². The predicted molar refractivity (Wildman–Crippen MR) is 110 cm³/mol. The summed E-state index contributed by atoms with van der Waals surface area (Å²) in [5, 5.41) is 7.20. The molecule has 0 unspecified atom stereocenters. The van der Waals surface area contributed by atoms with Crippen molar-refractivity contribution in [3.8, 4) is 11.6 Å². The lowest BCUT2D eigenvalue weighted by Crippen LogP contribution is -2.32. The number of hydrogen-bond donors (Lipinski definition) is 1. The van der Waals surface area contributed by atoms with Gasteiger partial charge in [0.25, 0.3) is 5.91 Å². The molecule has 0 saturated heterocycles. The number of ether oxygens (including phenoxy) is 2. The van der Waals surface area contributed by atoms with Gasteiger partial charge in [-0.3, -0.25) is 4.79 Å². The highest BCUT2D eigenvalue weighted by atomic mass is 19.1. The van der Waals surface area contributed by atoms with Crippen LogP contribution in [0.1, 0.15) is 29.8 Å². The van der Waals surface area contributed by atoms with Crippen molar-refractivity contribution in [2.75, 3.05) is 31.2 Å². The van der Waals surface area contributed by atoms with Gasteiger partial charge in [0.2, 0.25) is 5.88 Å². The number of amides is 1. The van der Waals surface area contributed by atoms with Gasteiger partial charge in [-0.25, -0.2) is 18.9 Å². The smallest absolute Gasteiger partial charge is 0.256 e. The second-order valence-electron chi connectivity index (χ2n) is 8.30. The van der Waals surface area contributed by atoms with Gasteiger partial charge in [0.05, 0.1) is 31.8 Å². The van der Waals surface area contributed by atoms with Crippen molar-refractivity contribution in [2.45, 2.75) is 20.4 Å². The lowest BCUT2D eigenvalue weighted by molar-refractivity contribution is 0.0944. The van der Waals surface area contributed by atoms with Gasteiger partial charge in [-0.15, -0.1) is 0 Å². The molecule has 10 heteroatoms. The molecule has 2 aliphatic rings. The summed E-state index contributed by atoms with van der Waals surface area (Å²) in [5.41, 5.74) is 1.46. The molecule has 0 spiro atoms. The second kappa shape index (κ2) is 7.68. The Labute approximate surface area is 178 Å². The Morgan fingerprint density at radius 3 is 2.90 bits per heavy atom. The fraction of sp³-hybridized carbons (Fsp3) is 0.429. The van der Waals surface area contributed by atoms with E-state index in [1.54, 1.807) is 10.7 Å². The molecule has 162 valence electrons. The van der Waals surface area contributed by atoms with E-state index in [4.69, 9.17) is 14.5 Å². The van der Waals surface area contributed by atoms with Gasteiger partial charge >= 0.3 is 0 Å². The molecule has 3 aromatic heterocycles. The van der Waals surface area contributed by atoms with Crippen LogP contribution < -0.4 is 19.7 Å². The van der Waals surface area contributed by atoms with Gasteiger partial charge in [0, 0.05) is 37.0 Å². The number of nitrogens with zero attached hydrogens (tertiary/aromatic N) is 5. The van der Waals surface area contributed by atoms with Gasteiger partial charge in [0.15, 0.2) is 17.2 Å². The number of pyridine rings is 1. The summed E-state index contributed by atoms with van der Waals surface area (Å²) in [6.45, 7) is 6.26. The van der Waals surface area contributed by atoms with E-state index in [1.165, 1.54) is 12.3 Å². The largest absolute Gasteiger partial charge is 0.488 e. The first kappa shape index (κ1) is 19.5. The van der Waals surface area contributed by atoms with Crippen LogP contribution >= 0.6 is 0 Å². The minimum absolute atomic E-state index is 0.0233. The lowest BCUT2D eigenvalue weighted by atomic mass is 10.1. The minimum Gasteiger partial charge on any atom is -0.488 e. The van der Waals surface area contributed by atoms with Crippen LogP contribution in [-0.2, 0) is 6.54 Å². The summed E-state index contributed by atoms with van der Waals surface area (Å²) < 4.78 is 27.5. The summed E-state index contributed by atoms with van der Waals surface area (Å²) in [4.78, 5) is 23.7. The highest BCUT2D eigenvalue weighted by Gasteiger charge is 2.27. The number of hydrogen-bond acceptors (Lipinski definition) is 7. The fourth-order valence-electron chi connectivity index (χ4n) is 3.82. The summed E-state index contributed by atoms with van der Waals surface area (Å²) in [5.74, 6) is 1.06. The third-order valence-electron chi connectivity index (χ3n) is 5.41. The third-order valence-corrected chi connectivity index (χ3v) is 5.41. The van der Waals surface area contributed by atoms with Crippen molar-refractivity contribution in [3.63, 3.8) is 0 Å². The molecule has 1 N–H and O–H groups in total. The van der Waals surface area contributed by atoms with Crippen LogP contribution in [0.2, 0.25) is 0 Å². The maximum atomic E-state index is 14.1. The first-order valence-electron chi connectivity index (χ1n) is 10.3. The average Bonchev–Trinajstić information content (AvgIpc) is 3.10. The Hall–Kier alpha value is -3.43. The predicted octanol–water partition coefficient (Wildman–Crippen LogP) is 2.06. The number of fused-ring (bicyclic) bond motifs is 1. The molecule has 1 amide bonds. The summed E-state index contributed by atoms with van der Waals surface area (Å²) in [6.07, 6.45) is 4.39. The van der Waals surface area contributed by atoms with E-state index in [9.17, 15) is 9.18 Å².